The minimum absolute atomic E-state index is 0.0824. The predicted molar refractivity (Wildman–Crippen MR) is 105 cm³/mol. The van der Waals surface area contributed by atoms with Crippen molar-refractivity contribution < 1.29 is 9.53 Å². The number of benzene rings is 1. The molecule has 0 saturated carbocycles. The molecule has 3 rings (SSSR count). The molecule has 1 fully saturated rings. The number of nitrogens with zero attached hydrogens (tertiary/aromatic N) is 1. The number of ether oxygens (including phenoxy) is 1. The van der Waals surface area contributed by atoms with Gasteiger partial charge in [0.15, 0.2) is 0 Å². The van der Waals surface area contributed by atoms with Gasteiger partial charge in [-0.25, -0.2) is 0 Å². The summed E-state index contributed by atoms with van der Waals surface area (Å²) in [6, 6.07) is 4.07. The maximum atomic E-state index is 12.4. The van der Waals surface area contributed by atoms with E-state index >= 15 is 0 Å². The average molecular weight is 356 g/mol. The molecular formula is C20H28N4O2. The van der Waals surface area contributed by atoms with E-state index in [-0.39, 0.29) is 11.3 Å². The highest BCUT2D eigenvalue weighted by atomic mass is 16.5. The summed E-state index contributed by atoms with van der Waals surface area (Å²) in [5.41, 5.74) is 2.54. The summed E-state index contributed by atoms with van der Waals surface area (Å²) in [5.74, 6) is 0.492. The minimum Gasteiger partial charge on any atom is -0.487 e. The van der Waals surface area contributed by atoms with Crippen LogP contribution in [0.5, 0.6) is 5.75 Å². The van der Waals surface area contributed by atoms with Crippen LogP contribution < -0.4 is 20.3 Å². The number of rotatable bonds is 5. The molecule has 0 spiro atoms. The zero-order chi connectivity index (χ0) is 18.7. The first-order valence-corrected chi connectivity index (χ1v) is 9.24. The van der Waals surface area contributed by atoms with E-state index in [0.29, 0.717) is 0 Å². The van der Waals surface area contributed by atoms with Crippen molar-refractivity contribution in [2.45, 2.75) is 45.1 Å². The Balaban J connectivity index is 1.90. The third kappa shape index (κ3) is 4.00. The highest BCUT2D eigenvalue weighted by molar-refractivity contribution is 6.46. The molecule has 6 heteroatoms. The molecule has 2 heterocycles. The van der Waals surface area contributed by atoms with Crippen molar-refractivity contribution in [1.29, 1.82) is 5.41 Å². The Morgan fingerprint density at radius 3 is 2.69 bits per heavy atom. The second kappa shape index (κ2) is 7.40. The molecule has 1 aromatic carbocycles. The topological polar surface area (TPSA) is 77.5 Å². The molecule has 3 N–H and O–H groups in total. The highest BCUT2D eigenvalue weighted by Gasteiger charge is 2.32. The lowest BCUT2D eigenvalue weighted by atomic mass is 10.00. The van der Waals surface area contributed by atoms with Crippen LogP contribution in [0.2, 0.25) is 0 Å². The zero-order valence-electron chi connectivity index (χ0n) is 15.8. The molecular weight excluding hydrogens is 328 g/mol. The van der Waals surface area contributed by atoms with Crippen LogP contribution in [0, 0.1) is 5.41 Å². The number of hydrogen-bond donors (Lipinski definition) is 3. The van der Waals surface area contributed by atoms with E-state index in [2.05, 4.69) is 35.4 Å². The smallest absolute Gasteiger partial charge is 0.273 e. The molecule has 1 aromatic rings. The number of carbonyl (C=O) groups is 1. The minimum atomic E-state index is -0.409. The Bertz CT molecular complexity index is 734. The van der Waals surface area contributed by atoms with Crippen molar-refractivity contribution in [2.75, 3.05) is 30.4 Å². The van der Waals surface area contributed by atoms with Gasteiger partial charge in [0.1, 0.15) is 17.1 Å². The van der Waals surface area contributed by atoms with E-state index in [9.17, 15) is 4.79 Å². The Labute approximate surface area is 155 Å². The zero-order valence-corrected chi connectivity index (χ0v) is 15.8. The summed E-state index contributed by atoms with van der Waals surface area (Å²) in [6.45, 7) is 6.10. The van der Waals surface area contributed by atoms with Crippen LogP contribution >= 0.6 is 0 Å². The third-order valence-corrected chi connectivity index (χ3v) is 4.79. The molecule has 0 unspecified atom stereocenters. The van der Waals surface area contributed by atoms with Crippen LogP contribution in [0.15, 0.2) is 24.4 Å². The summed E-state index contributed by atoms with van der Waals surface area (Å²) in [5, 5.41) is 13.6. The fourth-order valence-electron chi connectivity index (χ4n) is 3.57. The number of hydrogen-bond acceptors (Lipinski definition) is 5. The molecule has 1 amide bonds. The van der Waals surface area contributed by atoms with E-state index in [1.54, 1.807) is 13.2 Å². The van der Waals surface area contributed by atoms with Crippen molar-refractivity contribution in [2.24, 2.45) is 0 Å². The van der Waals surface area contributed by atoms with E-state index in [1.807, 2.05) is 6.07 Å². The van der Waals surface area contributed by atoms with Gasteiger partial charge in [0.05, 0.1) is 11.4 Å². The molecule has 1 saturated heterocycles. The van der Waals surface area contributed by atoms with Gasteiger partial charge in [-0.1, -0.05) is 0 Å². The van der Waals surface area contributed by atoms with Gasteiger partial charge in [0.2, 0.25) is 0 Å². The van der Waals surface area contributed by atoms with Crippen molar-refractivity contribution in [3.63, 3.8) is 0 Å². The van der Waals surface area contributed by atoms with Crippen LogP contribution in [-0.4, -0.2) is 37.4 Å². The number of anilines is 2. The number of fused-ring (bicyclic) bond motifs is 1. The molecule has 0 aliphatic carbocycles. The first kappa shape index (κ1) is 18.3. The fourth-order valence-corrected chi connectivity index (χ4v) is 3.57. The summed E-state index contributed by atoms with van der Waals surface area (Å²) >= 11 is 0. The normalized spacial score (nSPS) is 18.3. The lowest BCUT2D eigenvalue weighted by Crippen LogP contribution is -2.31. The Hall–Kier alpha value is -2.50. The van der Waals surface area contributed by atoms with Crippen LogP contribution in [-0.2, 0) is 11.2 Å². The number of carbonyl (C=O) groups excluding carboxylic acids is 1. The highest BCUT2D eigenvalue weighted by Crippen LogP contribution is 2.42. The second-order valence-corrected chi connectivity index (χ2v) is 7.55. The Kier molecular flexibility index (Phi) is 5.20. The van der Waals surface area contributed by atoms with Gasteiger partial charge in [0, 0.05) is 38.2 Å². The lowest BCUT2D eigenvalue weighted by Gasteiger charge is -2.31. The maximum Gasteiger partial charge on any atom is 0.273 e. The van der Waals surface area contributed by atoms with Crippen molar-refractivity contribution in [1.82, 2.24) is 5.32 Å². The van der Waals surface area contributed by atoms with Gasteiger partial charge in [-0.05, 0) is 51.5 Å². The Morgan fingerprint density at radius 1 is 1.27 bits per heavy atom. The largest absolute Gasteiger partial charge is 0.487 e. The van der Waals surface area contributed by atoms with E-state index in [0.717, 1.165) is 55.0 Å². The van der Waals surface area contributed by atoms with Gasteiger partial charge < -0.3 is 20.3 Å². The molecule has 0 aromatic heterocycles. The van der Waals surface area contributed by atoms with Gasteiger partial charge in [0.25, 0.3) is 5.91 Å². The molecule has 140 valence electrons. The van der Waals surface area contributed by atoms with Crippen molar-refractivity contribution in [3.05, 3.63) is 30.0 Å². The molecule has 2 aliphatic heterocycles. The van der Waals surface area contributed by atoms with Gasteiger partial charge in [-0.2, -0.15) is 0 Å². The number of nitrogens with one attached hydrogen (secondary N) is 3. The van der Waals surface area contributed by atoms with Gasteiger partial charge >= 0.3 is 0 Å². The first-order valence-electron chi connectivity index (χ1n) is 9.24. The summed E-state index contributed by atoms with van der Waals surface area (Å²) in [4.78, 5) is 14.7. The van der Waals surface area contributed by atoms with Crippen LogP contribution in [0.4, 0.5) is 11.4 Å². The summed E-state index contributed by atoms with van der Waals surface area (Å²) in [7, 11) is 1.73. The fraction of sp³-hybridized carbons (Fsp3) is 0.500. The standard InChI is InChI=1S/C20H28N4O2/c1-20(2)13-14-11-16(23-19(25)15(21)7-8-22-3)17(12-18(14)26-20)24-9-5-4-6-10-24/h7-8,11-12,21-22H,4-6,9-10,13H2,1-3H3,(H,23,25)/b8-7-,21-15?. The van der Waals surface area contributed by atoms with Gasteiger partial charge in [-0.15, -0.1) is 0 Å². The van der Waals surface area contributed by atoms with Crippen LogP contribution in [0.25, 0.3) is 0 Å². The molecule has 0 radical (unpaired) electrons. The summed E-state index contributed by atoms with van der Waals surface area (Å²) in [6.07, 6.45) is 7.38. The van der Waals surface area contributed by atoms with E-state index in [1.165, 1.54) is 12.5 Å². The molecule has 2 aliphatic rings. The third-order valence-electron chi connectivity index (χ3n) is 4.79. The van der Waals surface area contributed by atoms with Crippen molar-refractivity contribution >= 4 is 23.0 Å². The van der Waals surface area contributed by atoms with E-state index < -0.39 is 5.91 Å². The van der Waals surface area contributed by atoms with Crippen LogP contribution in [0.1, 0.15) is 38.7 Å². The number of piperidine rings is 1. The number of amides is 1. The first-order chi connectivity index (χ1) is 12.4. The second-order valence-electron chi connectivity index (χ2n) is 7.55. The van der Waals surface area contributed by atoms with Gasteiger partial charge in [-0.3, -0.25) is 10.2 Å². The Morgan fingerprint density at radius 2 is 2.00 bits per heavy atom. The lowest BCUT2D eigenvalue weighted by molar-refractivity contribution is -0.110. The monoisotopic (exact) mass is 356 g/mol. The molecule has 0 bridgehead atoms. The average Bonchev–Trinajstić information content (AvgIpc) is 2.92. The van der Waals surface area contributed by atoms with E-state index in [4.69, 9.17) is 10.1 Å². The predicted octanol–water partition coefficient (Wildman–Crippen LogP) is 3.08. The quantitative estimate of drug-likeness (QED) is 0.709. The maximum absolute atomic E-state index is 12.4. The molecule has 0 atom stereocenters. The van der Waals surface area contributed by atoms with Crippen LogP contribution in [0.3, 0.4) is 0 Å². The molecule has 26 heavy (non-hydrogen) atoms. The SMILES string of the molecule is CN/C=C\C(=N)C(=O)Nc1cc2c(cc1N1CCCCC1)OC(C)(C)C2. The summed E-state index contributed by atoms with van der Waals surface area (Å²) < 4.78 is 6.09. The van der Waals surface area contributed by atoms with Crippen molar-refractivity contribution in [3.8, 4) is 5.75 Å². The molecule has 6 nitrogen and oxygen atoms in total.